The van der Waals surface area contributed by atoms with Gasteiger partial charge in [0.15, 0.2) is 0 Å². The monoisotopic (exact) mass is 337 g/mol. The summed E-state index contributed by atoms with van der Waals surface area (Å²) in [6, 6.07) is 5.23. The third-order valence-electron chi connectivity index (χ3n) is 2.26. The van der Waals surface area contributed by atoms with Crippen molar-refractivity contribution in [2.75, 3.05) is 11.9 Å². The van der Waals surface area contributed by atoms with Crippen LogP contribution in [-0.4, -0.2) is 17.8 Å². The summed E-state index contributed by atoms with van der Waals surface area (Å²) in [5.74, 6) is 0.420. The fourth-order valence-electron chi connectivity index (χ4n) is 1.24. The number of nitrogens with one attached hydrogen (secondary N) is 1. The van der Waals surface area contributed by atoms with Crippen molar-refractivity contribution in [3.8, 4) is 0 Å². The molecule has 1 unspecified atom stereocenters. The predicted molar refractivity (Wildman–Crippen MR) is 76.1 cm³/mol. The number of benzene rings is 1. The third kappa shape index (κ3) is 5.28. The summed E-state index contributed by atoms with van der Waals surface area (Å²) in [4.78, 5) is 11.6. The van der Waals surface area contributed by atoms with E-state index in [9.17, 15) is 4.79 Å². The molecule has 0 aliphatic carbocycles. The highest BCUT2D eigenvalue weighted by molar-refractivity contribution is 9.09. The van der Waals surface area contributed by atoms with Crippen LogP contribution in [0.1, 0.15) is 12.5 Å². The zero-order valence-electron chi connectivity index (χ0n) is 9.47. The van der Waals surface area contributed by atoms with E-state index in [0.717, 1.165) is 10.9 Å². The van der Waals surface area contributed by atoms with E-state index >= 15 is 0 Å². The number of alkyl halides is 1. The Hall–Kier alpha value is -0.250. The normalized spacial score (nSPS) is 12.2. The number of halogens is 3. The zero-order valence-corrected chi connectivity index (χ0v) is 12.6. The lowest BCUT2D eigenvalue weighted by atomic mass is 10.1. The van der Waals surface area contributed by atoms with E-state index in [4.69, 9.17) is 23.2 Å². The van der Waals surface area contributed by atoms with Gasteiger partial charge in [0.2, 0.25) is 5.91 Å². The Bertz CT molecular complexity index is 398. The highest BCUT2D eigenvalue weighted by Gasteiger charge is 2.07. The van der Waals surface area contributed by atoms with E-state index in [0.29, 0.717) is 28.9 Å². The van der Waals surface area contributed by atoms with Gasteiger partial charge in [-0.2, -0.15) is 0 Å². The van der Waals surface area contributed by atoms with Gasteiger partial charge in [-0.15, -0.1) is 0 Å². The van der Waals surface area contributed by atoms with Crippen molar-refractivity contribution in [1.82, 2.24) is 5.32 Å². The van der Waals surface area contributed by atoms with Crippen molar-refractivity contribution in [3.05, 3.63) is 33.8 Å². The highest BCUT2D eigenvalue weighted by Crippen LogP contribution is 2.22. The quantitative estimate of drug-likeness (QED) is 0.815. The second kappa shape index (κ2) is 7.24. The number of rotatable bonds is 5. The standard InChI is InChI=1S/C12H14BrCl2NO/c1-8(6-13)7-16-12(17)5-9-2-3-10(14)11(15)4-9/h2-4,8H,5-7H2,1H3,(H,16,17). The van der Waals surface area contributed by atoms with Crippen LogP contribution in [0.4, 0.5) is 0 Å². The molecule has 0 bridgehead atoms. The smallest absolute Gasteiger partial charge is 0.224 e. The van der Waals surface area contributed by atoms with Gasteiger partial charge in [0, 0.05) is 11.9 Å². The molecule has 17 heavy (non-hydrogen) atoms. The lowest BCUT2D eigenvalue weighted by Gasteiger charge is -2.09. The van der Waals surface area contributed by atoms with Gasteiger partial charge in [0.05, 0.1) is 16.5 Å². The van der Waals surface area contributed by atoms with Gasteiger partial charge in [-0.3, -0.25) is 4.79 Å². The van der Waals surface area contributed by atoms with Crippen molar-refractivity contribution in [2.45, 2.75) is 13.3 Å². The van der Waals surface area contributed by atoms with Crippen molar-refractivity contribution >= 4 is 45.0 Å². The molecule has 0 saturated carbocycles. The van der Waals surface area contributed by atoms with Crippen LogP contribution < -0.4 is 5.32 Å². The Morgan fingerprint density at radius 2 is 2.12 bits per heavy atom. The van der Waals surface area contributed by atoms with Crippen LogP contribution in [0.2, 0.25) is 10.0 Å². The Morgan fingerprint density at radius 1 is 1.41 bits per heavy atom. The molecule has 1 amide bonds. The fraction of sp³-hybridized carbons (Fsp3) is 0.417. The van der Waals surface area contributed by atoms with Gasteiger partial charge >= 0.3 is 0 Å². The van der Waals surface area contributed by atoms with E-state index < -0.39 is 0 Å². The molecule has 1 rings (SSSR count). The summed E-state index contributed by atoms with van der Waals surface area (Å²) in [7, 11) is 0. The van der Waals surface area contributed by atoms with Gasteiger partial charge in [0.25, 0.3) is 0 Å². The molecule has 0 fully saturated rings. The van der Waals surface area contributed by atoms with Crippen LogP contribution >= 0.6 is 39.1 Å². The average molecular weight is 339 g/mol. The van der Waals surface area contributed by atoms with Crippen LogP contribution in [-0.2, 0) is 11.2 Å². The van der Waals surface area contributed by atoms with Gasteiger partial charge in [-0.25, -0.2) is 0 Å². The molecule has 94 valence electrons. The molecule has 0 heterocycles. The lowest BCUT2D eigenvalue weighted by molar-refractivity contribution is -0.120. The maximum absolute atomic E-state index is 11.6. The zero-order chi connectivity index (χ0) is 12.8. The van der Waals surface area contributed by atoms with Crippen LogP contribution in [0.15, 0.2) is 18.2 Å². The largest absolute Gasteiger partial charge is 0.356 e. The molecule has 0 radical (unpaired) electrons. The first-order valence-corrected chi connectivity index (χ1v) is 7.17. The van der Waals surface area contributed by atoms with E-state index in [1.807, 2.05) is 6.07 Å². The second-order valence-corrected chi connectivity index (χ2v) is 5.45. The van der Waals surface area contributed by atoms with Crippen LogP contribution in [0.3, 0.4) is 0 Å². The summed E-state index contributed by atoms with van der Waals surface area (Å²) in [6.07, 6.45) is 0.325. The molecule has 1 N–H and O–H groups in total. The number of amides is 1. The molecule has 5 heteroatoms. The summed E-state index contributed by atoms with van der Waals surface area (Å²) in [6.45, 7) is 2.74. The van der Waals surface area contributed by atoms with Crippen LogP contribution in [0.5, 0.6) is 0 Å². The Labute approximate surface area is 120 Å². The average Bonchev–Trinajstić information content (AvgIpc) is 2.31. The molecule has 0 saturated heterocycles. The first kappa shape index (κ1) is 14.8. The SMILES string of the molecule is CC(CBr)CNC(=O)Cc1ccc(Cl)c(Cl)c1. The van der Waals surface area contributed by atoms with Gasteiger partial charge in [-0.05, 0) is 23.6 Å². The minimum absolute atomic E-state index is 0.00353. The van der Waals surface area contributed by atoms with Crippen LogP contribution in [0.25, 0.3) is 0 Å². The number of carbonyl (C=O) groups excluding carboxylic acids is 1. The minimum Gasteiger partial charge on any atom is -0.356 e. The summed E-state index contributed by atoms with van der Waals surface area (Å²) in [5.41, 5.74) is 0.864. The molecule has 2 nitrogen and oxygen atoms in total. The number of hydrogen-bond donors (Lipinski definition) is 1. The lowest BCUT2D eigenvalue weighted by Crippen LogP contribution is -2.30. The summed E-state index contributed by atoms with van der Waals surface area (Å²) < 4.78 is 0. The number of carbonyl (C=O) groups is 1. The Kier molecular flexibility index (Phi) is 6.31. The van der Waals surface area contributed by atoms with Gasteiger partial charge in [-0.1, -0.05) is 52.1 Å². The molecule has 1 aromatic rings. The highest BCUT2D eigenvalue weighted by atomic mass is 79.9. The van der Waals surface area contributed by atoms with E-state index in [1.54, 1.807) is 12.1 Å². The second-order valence-electron chi connectivity index (χ2n) is 3.99. The van der Waals surface area contributed by atoms with Crippen LogP contribution in [0, 0.1) is 5.92 Å². The van der Waals surface area contributed by atoms with E-state index in [2.05, 4.69) is 28.2 Å². The summed E-state index contributed by atoms with van der Waals surface area (Å²) >= 11 is 15.0. The van der Waals surface area contributed by atoms with Crippen molar-refractivity contribution < 1.29 is 4.79 Å². The minimum atomic E-state index is -0.00353. The predicted octanol–water partition coefficient (Wildman–Crippen LogP) is 3.68. The van der Waals surface area contributed by atoms with Crippen molar-refractivity contribution in [1.29, 1.82) is 0 Å². The van der Waals surface area contributed by atoms with Crippen molar-refractivity contribution in [2.24, 2.45) is 5.92 Å². The van der Waals surface area contributed by atoms with E-state index in [1.165, 1.54) is 0 Å². The first-order chi connectivity index (χ1) is 8.02. The number of hydrogen-bond acceptors (Lipinski definition) is 1. The molecule has 0 aromatic heterocycles. The molecular formula is C12H14BrCl2NO. The van der Waals surface area contributed by atoms with Gasteiger partial charge in [0.1, 0.15) is 0 Å². The summed E-state index contributed by atoms with van der Waals surface area (Å²) in [5, 5.41) is 4.73. The van der Waals surface area contributed by atoms with E-state index in [-0.39, 0.29) is 5.91 Å². The first-order valence-electron chi connectivity index (χ1n) is 5.29. The maximum atomic E-state index is 11.6. The van der Waals surface area contributed by atoms with Gasteiger partial charge < -0.3 is 5.32 Å². The third-order valence-corrected chi connectivity index (χ3v) is 4.10. The molecule has 0 spiro atoms. The molecular weight excluding hydrogens is 325 g/mol. The Balaban J connectivity index is 2.48. The maximum Gasteiger partial charge on any atom is 0.224 e. The van der Waals surface area contributed by atoms with Crippen molar-refractivity contribution in [3.63, 3.8) is 0 Å². The Morgan fingerprint density at radius 3 is 2.71 bits per heavy atom. The fourth-order valence-corrected chi connectivity index (χ4v) is 1.79. The molecule has 0 aliphatic heterocycles. The molecule has 1 aromatic carbocycles. The molecule has 1 atom stereocenters. The topological polar surface area (TPSA) is 29.1 Å². The molecule has 0 aliphatic rings.